The van der Waals surface area contributed by atoms with Gasteiger partial charge in [0.2, 0.25) is 0 Å². The van der Waals surface area contributed by atoms with Crippen LogP contribution in [0.5, 0.6) is 23.0 Å². The van der Waals surface area contributed by atoms with Gasteiger partial charge >= 0.3 is 5.97 Å². The molecule has 0 aliphatic carbocycles. The van der Waals surface area contributed by atoms with E-state index in [0.29, 0.717) is 42.4 Å². The number of esters is 1. The maximum Gasteiger partial charge on any atom is 0.302 e. The zero-order chi connectivity index (χ0) is 34.7. The minimum atomic E-state index is -0.516. The van der Waals surface area contributed by atoms with E-state index in [1.807, 2.05) is 13.8 Å². The molecule has 0 saturated carbocycles. The van der Waals surface area contributed by atoms with Crippen LogP contribution >= 0.6 is 0 Å². The lowest BCUT2D eigenvalue weighted by atomic mass is 10.1. The number of rotatable bonds is 13. The first-order valence-corrected chi connectivity index (χ1v) is 15.8. The normalized spacial score (nSPS) is 18.7. The van der Waals surface area contributed by atoms with Gasteiger partial charge in [-0.05, 0) is 25.0 Å². The second-order valence-electron chi connectivity index (χ2n) is 11.0. The molecular weight excluding hydrogens is 612 g/mol. The van der Waals surface area contributed by atoms with Gasteiger partial charge in [0.1, 0.15) is 6.10 Å². The summed E-state index contributed by atoms with van der Waals surface area (Å²) in [6.45, 7) is 6.06. The van der Waals surface area contributed by atoms with Crippen molar-refractivity contribution in [1.82, 2.24) is 9.80 Å². The highest BCUT2D eigenvalue weighted by molar-refractivity contribution is 6.01. The van der Waals surface area contributed by atoms with E-state index in [4.69, 9.17) is 35.2 Å². The molecule has 2 aromatic rings. The number of aliphatic hydroxyl groups excluding tert-OH is 2. The van der Waals surface area contributed by atoms with Crippen LogP contribution in [-0.2, 0) is 9.53 Å². The van der Waals surface area contributed by atoms with Crippen molar-refractivity contribution < 1.29 is 48.3 Å². The third kappa shape index (κ3) is 8.89. The van der Waals surface area contributed by atoms with Crippen molar-refractivity contribution >= 4 is 29.2 Å². The first-order chi connectivity index (χ1) is 22.6. The Morgan fingerprint density at radius 1 is 0.809 bits per heavy atom. The van der Waals surface area contributed by atoms with Gasteiger partial charge in [0, 0.05) is 49.8 Å². The fraction of sp³-hybridized carbons (Fsp3) is 0.545. The number of carbonyl (C=O) groups is 3. The van der Waals surface area contributed by atoms with E-state index in [0.717, 1.165) is 12.8 Å². The number of amides is 2. The van der Waals surface area contributed by atoms with E-state index in [1.165, 1.54) is 38.2 Å². The smallest absolute Gasteiger partial charge is 0.302 e. The molecule has 2 aliphatic heterocycles. The number of ether oxygens (including phenoxy) is 5. The summed E-state index contributed by atoms with van der Waals surface area (Å²) < 4.78 is 27.9. The standard InChI is InChI=1S/C31H42N4O10.C2H6/c1-18(38)45-21-10-20(17-37)35(15-21)31(40)23-12-27(42-3)29(14-25(23)33)44-9-5-8-43-28-13-24(32)22(11-26(28)41-2)30(39)34-7-4-6-19(34)16-36;1-2/h11-14,19-21,36-37H,4-10,15-17,32-33H2,1-3H3;1-2H3/t19?,20-,21?;/m0./s1. The number of hydrogen-bond acceptors (Lipinski definition) is 12. The van der Waals surface area contributed by atoms with Crippen molar-refractivity contribution in [1.29, 1.82) is 0 Å². The molecule has 2 fully saturated rings. The Kier molecular flexibility index (Phi) is 13.8. The lowest BCUT2D eigenvalue weighted by Gasteiger charge is -2.24. The largest absolute Gasteiger partial charge is 0.493 e. The van der Waals surface area contributed by atoms with Gasteiger partial charge in [-0.3, -0.25) is 14.4 Å². The lowest BCUT2D eigenvalue weighted by Crippen LogP contribution is -2.38. The molecule has 0 bridgehead atoms. The molecule has 4 rings (SSSR count). The summed E-state index contributed by atoms with van der Waals surface area (Å²) >= 11 is 0. The molecule has 14 heteroatoms. The molecule has 2 heterocycles. The van der Waals surface area contributed by atoms with Gasteiger partial charge in [-0.2, -0.15) is 0 Å². The van der Waals surface area contributed by atoms with Gasteiger partial charge in [-0.15, -0.1) is 0 Å². The predicted octanol–water partition coefficient (Wildman–Crippen LogP) is 2.48. The van der Waals surface area contributed by atoms with Crippen molar-refractivity contribution in [2.45, 2.75) is 64.6 Å². The number of methoxy groups -OCH3 is 2. The number of hydrogen-bond donors (Lipinski definition) is 4. The summed E-state index contributed by atoms with van der Waals surface area (Å²) in [6, 6.07) is 5.34. The molecule has 2 saturated heterocycles. The molecule has 2 aromatic carbocycles. The number of likely N-dealkylation sites (tertiary alicyclic amines) is 2. The van der Waals surface area contributed by atoms with E-state index < -0.39 is 24.0 Å². The molecule has 2 amide bonds. The molecule has 6 N–H and O–H groups in total. The Hall–Kier alpha value is -4.43. The number of nitrogens with zero attached hydrogens (tertiary/aromatic N) is 2. The van der Waals surface area contributed by atoms with Crippen molar-refractivity contribution in [2.75, 3.05) is 65.2 Å². The van der Waals surface area contributed by atoms with Gasteiger partial charge < -0.3 is 55.2 Å². The maximum absolute atomic E-state index is 13.3. The van der Waals surface area contributed by atoms with Crippen LogP contribution < -0.4 is 30.4 Å². The quantitative estimate of drug-likeness (QED) is 0.139. The number of benzene rings is 2. The summed E-state index contributed by atoms with van der Waals surface area (Å²) in [5.74, 6) is 0.205. The summed E-state index contributed by atoms with van der Waals surface area (Å²) in [7, 11) is 2.91. The highest BCUT2D eigenvalue weighted by atomic mass is 16.5. The van der Waals surface area contributed by atoms with Gasteiger partial charge in [0.25, 0.3) is 11.8 Å². The number of aliphatic hydroxyl groups is 2. The van der Waals surface area contributed by atoms with Crippen LogP contribution in [0, 0.1) is 0 Å². The van der Waals surface area contributed by atoms with Crippen LogP contribution in [0.1, 0.15) is 67.2 Å². The average molecular weight is 661 g/mol. The summed E-state index contributed by atoms with van der Waals surface area (Å²) in [6.07, 6.45) is 1.82. The van der Waals surface area contributed by atoms with Crippen LogP contribution in [0.25, 0.3) is 0 Å². The summed E-state index contributed by atoms with van der Waals surface area (Å²) in [4.78, 5) is 40.9. The molecule has 47 heavy (non-hydrogen) atoms. The Morgan fingerprint density at radius 3 is 1.79 bits per heavy atom. The average Bonchev–Trinajstić information content (AvgIpc) is 3.71. The molecule has 3 atom stereocenters. The lowest BCUT2D eigenvalue weighted by molar-refractivity contribution is -0.145. The Labute approximate surface area is 275 Å². The van der Waals surface area contributed by atoms with Gasteiger partial charge in [-0.25, -0.2) is 0 Å². The fourth-order valence-electron chi connectivity index (χ4n) is 5.71. The zero-order valence-corrected chi connectivity index (χ0v) is 27.8. The minimum absolute atomic E-state index is 0.101. The first-order valence-electron chi connectivity index (χ1n) is 15.8. The van der Waals surface area contributed by atoms with Crippen molar-refractivity contribution in [3.63, 3.8) is 0 Å². The SMILES string of the molecule is CC.COc1cc(C(=O)N2CCCC2CO)c(N)cc1OCCCOc1cc(N)c(C(=O)N2CC(OC(C)=O)C[C@H]2CO)cc1OC. The topological polar surface area (TPSA) is 196 Å². The fourth-order valence-corrected chi connectivity index (χ4v) is 5.71. The van der Waals surface area contributed by atoms with Crippen molar-refractivity contribution in [2.24, 2.45) is 0 Å². The molecule has 0 radical (unpaired) electrons. The maximum atomic E-state index is 13.3. The molecule has 260 valence electrons. The second-order valence-corrected chi connectivity index (χ2v) is 11.0. The van der Waals surface area contributed by atoms with Crippen LogP contribution in [0.3, 0.4) is 0 Å². The third-order valence-electron chi connectivity index (χ3n) is 7.97. The zero-order valence-electron chi connectivity index (χ0n) is 27.8. The van der Waals surface area contributed by atoms with E-state index in [2.05, 4.69) is 0 Å². The van der Waals surface area contributed by atoms with Gasteiger partial charge in [-0.1, -0.05) is 13.8 Å². The van der Waals surface area contributed by atoms with Crippen LogP contribution in [0.15, 0.2) is 24.3 Å². The molecule has 2 unspecified atom stereocenters. The minimum Gasteiger partial charge on any atom is -0.493 e. The molecule has 0 aromatic heterocycles. The summed E-state index contributed by atoms with van der Waals surface area (Å²) in [5.41, 5.74) is 13.3. The van der Waals surface area contributed by atoms with E-state index in [-0.39, 0.29) is 67.4 Å². The molecule has 14 nitrogen and oxygen atoms in total. The highest BCUT2D eigenvalue weighted by Crippen LogP contribution is 2.36. The van der Waals surface area contributed by atoms with Crippen LogP contribution in [0.4, 0.5) is 11.4 Å². The number of carbonyl (C=O) groups excluding carboxylic acids is 3. The monoisotopic (exact) mass is 660 g/mol. The summed E-state index contributed by atoms with van der Waals surface area (Å²) in [5, 5.41) is 19.4. The Morgan fingerprint density at radius 2 is 1.32 bits per heavy atom. The predicted molar refractivity (Wildman–Crippen MR) is 175 cm³/mol. The van der Waals surface area contributed by atoms with Gasteiger partial charge in [0.05, 0.1) is 70.4 Å². The Bertz CT molecular complexity index is 1390. The second kappa shape index (κ2) is 17.5. The molecule has 2 aliphatic rings. The van der Waals surface area contributed by atoms with E-state index in [9.17, 15) is 24.6 Å². The highest BCUT2D eigenvalue weighted by Gasteiger charge is 2.38. The van der Waals surface area contributed by atoms with E-state index >= 15 is 0 Å². The van der Waals surface area contributed by atoms with Gasteiger partial charge in [0.15, 0.2) is 23.0 Å². The van der Waals surface area contributed by atoms with Crippen LogP contribution in [0.2, 0.25) is 0 Å². The third-order valence-corrected chi connectivity index (χ3v) is 7.97. The Balaban J connectivity index is 0.00000294. The van der Waals surface area contributed by atoms with Crippen molar-refractivity contribution in [3.8, 4) is 23.0 Å². The number of nitrogen functional groups attached to an aromatic ring is 2. The van der Waals surface area contributed by atoms with Crippen molar-refractivity contribution in [3.05, 3.63) is 35.4 Å². The van der Waals surface area contributed by atoms with E-state index in [1.54, 1.807) is 17.0 Å². The number of nitrogens with two attached hydrogens (primary N) is 2. The molecular formula is C33H48N4O10. The van der Waals surface area contributed by atoms with Crippen LogP contribution in [-0.4, -0.2) is 110 Å². The number of anilines is 2. The molecule has 0 spiro atoms. The first kappa shape index (κ1) is 37.0.